The van der Waals surface area contributed by atoms with E-state index in [1.165, 1.54) is 17.5 Å². The molecule has 1 amide bonds. The summed E-state index contributed by atoms with van der Waals surface area (Å²) in [4.78, 5) is 21.5. The van der Waals surface area contributed by atoms with Gasteiger partial charge < -0.3 is 10.6 Å². The summed E-state index contributed by atoms with van der Waals surface area (Å²) in [5.41, 5.74) is 2.56. The number of halogens is 2. The Hall–Kier alpha value is -1.96. The van der Waals surface area contributed by atoms with Crippen LogP contribution in [0.5, 0.6) is 0 Å². The minimum Gasteiger partial charge on any atom is -0.320 e. The molecule has 0 unspecified atom stereocenters. The molecule has 0 fully saturated rings. The monoisotopic (exact) mass is 436 g/mol. The molecular weight excluding hydrogens is 424 g/mol. The third-order valence-corrected chi connectivity index (χ3v) is 5.22. The third-order valence-electron chi connectivity index (χ3n) is 3.39. The molecule has 1 aromatic carbocycles. The second-order valence-electron chi connectivity index (χ2n) is 5.38. The van der Waals surface area contributed by atoms with Crippen LogP contribution < -0.4 is 10.6 Å². The summed E-state index contributed by atoms with van der Waals surface area (Å²) in [6.07, 6.45) is 3.28. The standard InChI is InChI=1S/C17H14BrClN4OS/c1-9-6-11(18)15(20-7-9)23-17-21-8-13(25-17)16(24)22-14-10(2)4-3-5-12(14)19/h3-8H,1-2H3,(H,22,24)(H,20,21,23). The summed E-state index contributed by atoms with van der Waals surface area (Å²) >= 11 is 10.9. The number of hydrogen-bond donors (Lipinski definition) is 2. The first-order chi connectivity index (χ1) is 11.9. The van der Waals surface area contributed by atoms with Crippen molar-refractivity contribution in [3.05, 3.63) is 62.2 Å². The molecule has 0 atom stereocenters. The number of para-hydroxylation sites is 1. The number of pyridine rings is 1. The molecule has 8 heteroatoms. The van der Waals surface area contributed by atoms with E-state index >= 15 is 0 Å². The van der Waals surface area contributed by atoms with E-state index in [9.17, 15) is 4.79 Å². The Labute approximate surface area is 162 Å². The Kier molecular flexibility index (Phi) is 5.36. The zero-order valence-electron chi connectivity index (χ0n) is 13.4. The van der Waals surface area contributed by atoms with E-state index in [4.69, 9.17) is 11.6 Å². The summed E-state index contributed by atoms with van der Waals surface area (Å²) in [6, 6.07) is 7.43. The zero-order chi connectivity index (χ0) is 18.0. The number of aryl methyl sites for hydroxylation is 2. The van der Waals surface area contributed by atoms with Gasteiger partial charge in [-0.25, -0.2) is 9.97 Å². The topological polar surface area (TPSA) is 66.9 Å². The molecule has 3 rings (SSSR count). The summed E-state index contributed by atoms with van der Waals surface area (Å²) in [6.45, 7) is 3.85. The maximum Gasteiger partial charge on any atom is 0.267 e. The van der Waals surface area contributed by atoms with E-state index in [0.717, 1.165) is 15.6 Å². The minimum atomic E-state index is -0.252. The highest BCUT2D eigenvalue weighted by atomic mass is 79.9. The number of rotatable bonds is 4. The normalized spacial score (nSPS) is 10.6. The predicted molar refractivity (Wildman–Crippen MR) is 106 cm³/mol. The number of benzene rings is 1. The number of amides is 1. The van der Waals surface area contributed by atoms with Gasteiger partial charge in [-0.3, -0.25) is 4.79 Å². The third kappa shape index (κ3) is 4.18. The number of aromatic nitrogens is 2. The second kappa shape index (κ2) is 7.51. The average molecular weight is 438 g/mol. The maximum atomic E-state index is 12.4. The van der Waals surface area contributed by atoms with Crippen LogP contribution in [-0.4, -0.2) is 15.9 Å². The van der Waals surface area contributed by atoms with Gasteiger partial charge in [-0.15, -0.1) is 0 Å². The molecule has 0 saturated heterocycles. The van der Waals surface area contributed by atoms with Gasteiger partial charge in [0.05, 0.1) is 21.4 Å². The van der Waals surface area contributed by atoms with E-state index < -0.39 is 0 Å². The Bertz CT molecular complexity index is 924. The van der Waals surface area contributed by atoms with Crippen molar-refractivity contribution < 1.29 is 4.79 Å². The fraction of sp³-hybridized carbons (Fsp3) is 0.118. The van der Waals surface area contributed by atoms with Crippen molar-refractivity contribution in [2.24, 2.45) is 0 Å². The van der Waals surface area contributed by atoms with Crippen molar-refractivity contribution in [3.8, 4) is 0 Å². The van der Waals surface area contributed by atoms with E-state index in [2.05, 4.69) is 36.5 Å². The second-order valence-corrected chi connectivity index (χ2v) is 7.68. The molecule has 2 aromatic heterocycles. The summed E-state index contributed by atoms with van der Waals surface area (Å²) in [5, 5.41) is 7.03. The highest BCUT2D eigenvalue weighted by Crippen LogP contribution is 2.29. The number of thiazole rings is 1. The van der Waals surface area contributed by atoms with Crippen molar-refractivity contribution in [2.45, 2.75) is 13.8 Å². The lowest BCUT2D eigenvalue weighted by Gasteiger charge is -2.08. The average Bonchev–Trinajstić information content (AvgIpc) is 3.02. The van der Waals surface area contributed by atoms with E-state index in [-0.39, 0.29) is 5.91 Å². The lowest BCUT2D eigenvalue weighted by Crippen LogP contribution is -2.11. The van der Waals surface area contributed by atoms with Gasteiger partial charge in [-0.2, -0.15) is 0 Å². The fourth-order valence-corrected chi connectivity index (χ4v) is 3.67. The van der Waals surface area contributed by atoms with Gasteiger partial charge in [0.15, 0.2) is 5.13 Å². The van der Waals surface area contributed by atoms with Crippen molar-refractivity contribution in [1.29, 1.82) is 0 Å². The molecule has 0 radical (unpaired) electrons. The number of carbonyl (C=O) groups is 1. The Morgan fingerprint density at radius 3 is 2.76 bits per heavy atom. The molecule has 128 valence electrons. The molecule has 25 heavy (non-hydrogen) atoms. The van der Waals surface area contributed by atoms with Gasteiger partial charge >= 0.3 is 0 Å². The molecule has 2 N–H and O–H groups in total. The smallest absolute Gasteiger partial charge is 0.267 e. The highest BCUT2D eigenvalue weighted by Gasteiger charge is 2.14. The van der Waals surface area contributed by atoms with Crippen LogP contribution in [0.15, 0.2) is 41.1 Å². The molecule has 0 saturated carbocycles. The van der Waals surface area contributed by atoms with Gasteiger partial charge in [0.1, 0.15) is 10.7 Å². The Balaban J connectivity index is 1.75. The maximum absolute atomic E-state index is 12.4. The van der Waals surface area contributed by atoms with E-state index in [1.807, 2.05) is 32.0 Å². The number of anilines is 3. The van der Waals surface area contributed by atoms with Gasteiger partial charge in [0.25, 0.3) is 5.91 Å². The molecule has 0 bridgehead atoms. The van der Waals surface area contributed by atoms with Gasteiger partial charge in [-0.1, -0.05) is 35.1 Å². The van der Waals surface area contributed by atoms with Crippen LogP contribution in [0.1, 0.15) is 20.8 Å². The first kappa shape index (κ1) is 17.8. The quantitative estimate of drug-likeness (QED) is 0.560. The van der Waals surface area contributed by atoms with Crippen LogP contribution in [0.2, 0.25) is 5.02 Å². The Morgan fingerprint density at radius 1 is 1.24 bits per heavy atom. The first-order valence-corrected chi connectivity index (χ1v) is 9.34. The van der Waals surface area contributed by atoms with Crippen molar-refractivity contribution >= 4 is 61.4 Å². The molecular formula is C17H14BrClN4OS. The SMILES string of the molecule is Cc1cnc(Nc2ncc(C(=O)Nc3c(C)cccc3Cl)s2)c(Br)c1. The fourth-order valence-electron chi connectivity index (χ4n) is 2.13. The van der Waals surface area contributed by atoms with Gasteiger partial charge in [-0.05, 0) is 53.0 Å². The van der Waals surface area contributed by atoms with E-state index in [0.29, 0.717) is 26.5 Å². The number of nitrogens with one attached hydrogen (secondary N) is 2. The van der Waals surface area contributed by atoms with Crippen LogP contribution in [0.4, 0.5) is 16.6 Å². The lowest BCUT2D eigenvalue weighted by molar-refractivity contribution is 0.103. The molecule has 2 heterocycles. The van der Waals surface area contributed by atoms with Crippen molar-refractivity contribution in [1.82, 2.24) is 9.97 Å². The number of nitrogens with zero attached hydrogens (tertiary/aromatic N) is 2. The van der Waals surface area contributed by atoms with Crippen LogP contribution >= 0.6 is 38.9 Å². The molecule has 3 aromatic rings. The summed E-state index contributed by atoms with van der Waals surface area (Å²) < 4.78 is 0.834. The van der Waals surface area contributed by atoms with Crippen LogP contribution in [0.3, 0.4) is 0 Å². The molecule has 0 spiro atoms. The van der Waals surface area contributed by atoms with Crippen molar-refractivity contribution in [2.75, 3.05) is 10.6 Å². The van der Waals surface area contributed by atoms with Crippen LogP contribution in [0, 0.1) is 13.8 Å². The predicted octanol–water partition coefficient (Wildman–Crippen LogP) is 5.57. The largest absolute Gasteiger partial charge is 0.320 e. The Morgan fingerprint density at radius 2 is 2.04 bits per heavy atom. The summed E-state index contributed by atoms with van der Waals surface area (Å²) in [7, 11) is 0. The number of hydrogen-bond acceptors (Lipinski definition) is 5. The number of carbonyl (C=O) groups excluding carboxylic acids is 1. The summed E-state index contributed by atoms with van der Waals surface area (Å²) in [5.74, 6) is 0.395. The lowest BCUT2D eigenvalue weighted by atomic mass is 10.2. The molecule has 0 aliphatic carbocycles. The zero-order valence-corrected chi connectivity index (χ0v) is 16.6. The molecule has 0 aliphatic rings. The first-order valence-electron chi connectivity index (χ1n) is 7.35. The highest BCUT2D eigenvalue weighted by molar-refractivity contribution is 9.10. The van der Waals surface area contributed by atoms with E-state index in [1.54, 1.807) is 12.3 Å². The minimum absolute atomic E-state index is 0.252. The van der Waals surface area contributed by atoms with Crippen LogP contribution in [-0.2, 0) is 0 Å². The molecule has 5 nitrogen and oxygen atoms in total. The molecule has 0 aliphatic heterocycles. The van der Waals surface area contributed by atoms with Crippen LogP contribution in [0.25, 0.3) is 0 Å². The van der Waals surface area contributed by atoms with Gasteiger partial charge in [0.2, 0.25) is 0 Å². The van der Waals surface area contributed by atoms with Gasteiger partial charge in [0, 0.05) is 6.20 Å². The van der Waals surface area contributed by atoms with Crippen molar-refractivity contribution in [3.63, 3.8) is 0 Å².